The molecule has 0 radical (unpaired) electrons. The van der Waals surface area contributed by atoms with Crippen LogP contribution < -0.4 is 10.1 Å². The monoisotopic (exact) mass is 367 g/mol. The van der Waals surface area contributed by atoms with Crippen molar-refractivity contribution in [1.82, 2.24) is 19.5 Å². The first-order valence-electron chi connectivity index (χ1n) is 9.13. The maximum Gasteiger partial charge on any atom is 0.274 e. The smallest absolute Gasteiger partial charge is 0.274 e. The Morgan fingerprint density at radius 3 is 2.56 bits per heavy atom. The standard InChI is InChI=1S/C20H25N5O2/c1-5-11-24(6-2)20(26)17-13-19-22-16(12-18(21-3)25(19)23-17)14-7-9-15(27-4)10-8-14/h7-10,12-13,21H,5-6,11H2,1-4H3. The lowest BCUT2D eigenvalue weighted by Crippen LogP contribution is -2.31. The fourth-order valence-corrected chi connectivity index (χ4v) is 3.00. The van der Waals surface area contributed by atoms with Crippen LogP contribution in [0.2, 0.25) is 0 Å². The van der Waals surface area contributed by atoms with E-state index in [1.807, 2.05) is 44.3 Å². The number of nitrogens with zero attached hydrogens (tertiary/aromatic N) is 4. The quantitative estimate of drug-likeness (QED) is 0.694. The van der Waals surface area contributed by atoms with Gasteiger partial charge in [-0.1, -0.05) is 6.92 Å². The van der Waals surface area contributed by atoms with Gasteiger partial charge in [-0.3, -0.25) is 4.79 Å². The van der Waals surface area contributed by atoms with Crippen molar-refractivity contribution in [2.45, 2.75) is 20.3 Å². The molecule has 0 spiro atoms. The predicted octanol–water partition coefficient (Wildman–Crippen LogP) is 3.32. The number of anilines is 1. The zero-order chi connectivity index (χ0) is 19.4. The van der Waals surface area contributed by atoms with Gasteiger partial charge in [-0.25, -0.2) is 4.98 Å². The number of carbonyl (C=O) groups is 1. The van der Waals surface area contributed by atoms with Crippen molar-refractivity contribution in [3.05, 3.63) is 42.1 Å². The Labute approximate surface area is 159 Å². The second-order valence-corrected chi connectivity index (χ2v) is 6.19. The van der Waals surface area contributed by atoms with Crippen LogP contribution in [-0.4, -0.2) is 52.7 Å². The molecule has 7 heteroatoms. The Morgan fingerprint density at radius 1 is 1.22 bits per heavy atom. The fourth-order valence-electron chi connectivity index (χ4n) is 3.00. The molecule has 142 valence electrons. The summed E-state index contributed by atoms with van der Waals surface area (Å²) in [5, 5.41) is 7.61. The van der Waals surface area contributed by atoms with Crippen molar-refractivity contribution in [2.24, 2.45) is 0 Å². The molecule has 1 N–H and O–H groups in total. The van der Waals surface area contributed by atoms with Gasteiger partial charge in [0.1, 0.15) is 11.6 Å². The maximum atomic E-state index is 12.7. The Balaban J connectivity index is 2.03. The zero-order valence-electron chi connectivity index (χ0n) is 16.2. The van der Waals surface area contributed by atoms with E-state index in [0.29, 0.717) is 24.4 Å². The van der Waals surface area contributed by atoms with Gasteiger partial charge < -0.3 is 15.0 Å². The van der Waals surface area contributed by atoms with E-state index in [-0.39, 0.29) is 5.91 Å². The van der Waals surface area contributed by atoms with Gasteiger partial charge >= 0.3 is 0 Å². The molecular weight excluding hydrogens is 342 g/mol. The van der Waals surface area contributed by atoms with E-state index in [4.69, 9.17) is 9.72 Å². The third kappa shape index (κ3) is 3.72. The Morgan fingerprint density at radius 2 is 1.96 bits per heavy atom. The van der Waals surface area contributed by atoms with Crippen LogP contribution in [0.1, 0.15) is 30.8 Å². The number of hydrogen-bond acceptors (Lipinski definition) is 5. The number of rotatable bonds is 7. The molecule has 7 nitrogen and oxygen atoms in total. The topological polar surface area (TPSA) is 71.8 Å². The summed E-state index contributed by atoms with van der Waals surface area (Å²) in [7, 11) is 3.46. The normalized spacial score (nSPS) is 10.8. The van der Waals surface area contributed by atoms with E-state index >= 15 is 0 Å². The molecule has 0 unspecified atom stereocenters. The number of benzene rings is 1. The fraction of sp³-hybridized carbons (Fsp3) is 0.350. The molecule has 2 aromatic heterocycles. The van der Waals surface area contributed by atoms with Crippen molar-refractivity contribution in [1.29, 1.82) is 0 Å². The molecule has 2 heterocycles. The number of nitrogens with one attached hydrogen (secondary N) is 1. The van der Waals surface area contributed by atoms with Crippen LogP contribution >= 0.6 is 0 Å². The van der Waals surface area contributed by atoms with E-state index < -0.39 is 0 Å². The van der Waals surface area contributed by atoms with Gasteiger partial charge in [-0.15, -0.1) is 0 Å². The molecule has 3 aromatic rings. The SMILES string of the molecule is CCCN(CC)C(=O)c1cc2nc(-c3ccc(OC)cc3)cc(NC)n2n1. The van der Waals surface area contributed by atoms with Crippen LogP contribution in [0, 0.1) is 0 Å². The number of ether oxygens (including phenoxy) is 1. The molecule has 0 atom stereocenters. The second kappa shape index (κ2) is 8.07. The first-order chi connectivity index (χ1) is 13.1. The summed E-state index contributed by atoms with van der Waals surface area (Å²) in [6, 6.07) is 11.4. The molecular formula is C20H25N5O2. The second-order valence-electron chi connectivity index (χ2n) is 6.19. The molecule has 0 saturated heterocycles. The zero-order valence-corrected chi connectivity index (χ0v) is 16.2. The van der Waals surface area contributed by atoms with Gasteiger partial charge in [0.05, 0.1) is 12.8 Å². The molecule has 3 rings (SSSR count). The third-order valence-electron chi connectivity index (χ3n) is 4.45. The van der Waals surface area contributed by atoms with Crippen LogP contribution in [0.15, 0.2) is 36.4 Å². The van der Waals surface area contributed by atoms with E-state index in [2.05, 4.69) is 17.3 Å². The highest BCUT2D eigenvalue weighted by atomic mass is 16.5. The molecule has 0 fully saturated rings. The third-order valence-corrected chi connectivity index (χ3v) is 4.45. The minimum absolute atomic E-state index is 0.0714. The van der Waals surface area contributed by atoms with Gasteiger partial charge in [-0.05, 0) is 37.6 Å². The summed E-state index contributed by atoms with van der Waals surface area (Å²) >= 11 is 0. The summed E-state index contributed by atoms with van der Waals surface area (Å²) in [5.41, 5.74) is 2.80. The summed E-state index contributed by atoms with van der Waals surface area (Å²) in [6.07, 6.45) is 0.911. The van der Waals surface area contributed by atoms with Crippen LogP contribution in [0.5, 0.6) is 5.75 Å². The Hall–Kier alpha value is -3.09. The number of fused-ring (bicyclic) bond motifs is 1. The van der Waals surface area contributed by atoms with Crippen molar-refractivity contribution in [2.75, 3.05) is 32.6 Å². The van der Waals surface area contributed by atoms with Crippen LogP contribution in [-0.2, 0) is 0 Å². The molecule has 0 aliphatic rings. The van der Waals surface area contributed by atoms with Crippen molar-refractivity contribution >= 4 is 17.4 Å². The molecule has 1 aromatic carbocycles. The molecule has 1 amide bonds. The minimum Gasteiger partial charge on any atom is -0.497 e. The van der Waals surface area contributed by atoms with E-state index in [1.165, 1.54) is 0 Å². The van der Waals surface area contributed by atoms with Crippen molar-refractivity contribution in [3.8, 4) is 17.0 Å². The summed E-state index contributed by atoms with van der Waals surface area (Å²) in [5.74, 6) is 1.49. The first kappa shape index (κ1) is 18.7. The Bertz CT molecular complexity index is 933. The predicted molar refractivity (Wildman–Crippen MR) is 106 cm³/mol. The van der Waals surface area contributed by atoms with E-state index in [9.17, 15) is 4.79 Å². The summed E-state index contributed by atoms with van der Waals surface area (Å²) in [4.78, 5) is 19.2. The number of aromatic nitrogens is 3. The average molecular weight is 367 g/mol. The van der Waals surface area contributed by atoms with Crippen molar-refractivity contribution < 1.29 is 9.53 Å². The molecule has 0 aliphatic carbocycles. The Kier molecular flexibility index (Phi) is 5.59. The van der Waals surface area contributed by atoms with Crippen LogP contribution in [0.3, 0.4) is 0 Å². The lowest BCUT2D eigenvalue weighted by atomic mass is 10.1. The highest BCUT2D eigenvalue weighted by molar-refractivity contribution is 5.93. The number of hydrogen-bond donors (Lipinski definition) is 1. The van der Waals surface area contributed by atoms with Crippen LogP contribution in [0.4, 0.5) is 5.82 Å². The highest BCUT2D eigenvalue weighted by Crippen LogP contribution is 2.24. The summed E-state index contributed by atoms with van der Waals surface area (Å²) < 4.78 is 6.88. The van der Waals surface area contributed by atoms with Gasteiger partial charge in [0.25, 0.3) is 5.91 Å². The van der Waals surface area contributed by atoms with Crippen LogP contribution in [0.25, 0.3) is 16.9 Å². The molecule has 0 aliphatic heterocycles. The van der Waals surface area contributed by atoms with Crippen molar-refractivity contribution in [3.63, 3.8) is 0 Å². The van der Waals surface area contributed by atoms with Gasteiger partial charge in [-0.2, -0.15) is 9.61 Å². The average Bonchev–Trinajstić information content (AvgIpc) is 3.15. The number of carbonyl (C=O) groups excluding carboxylic acids is 1. The van der Waals surface area contributed by atoms with E-state index in [1.54, 1.807) is 22.6 Å². The first-order valence-corrected chi connectivity index (χ1v) is 9.13. The molecule has 0 saturated carbocycles. The largest absolute Gasteiger partial charge is 0.497 e. The lowest BCUT2D eigenvalue weighted by molar-refractivity contribution is 0.0758. The molecule has 0 bridgehead atoms. The molecule has 27 heavy (non-hydrogen) atoms. The van der Waals surface area contributed by atoms with Gasteiger partial charge in [0.15, 0.2) is 11.3 Å². The van der Waals surface area contributed by atoms with Gasteiger partial charge in [0, 0.05) is 37.8 Å². The maximum absolute atomic E-state index is 12.7. The van der Waals surface area contributed by atoms with E-state index in [0.717, 1.165) is 29.2 Å². The lowest BCUT2D eigenvalue weighted by Gasteiger charge is -2.18. The van der Waals surface area contributed by atoms with Gasteiger partial charge in [0.2, 0.25) is 0 Å². The summed E-state index contributed by atoms with van der Waals surface area (Å²) in [6.45, 7) is 5.40. The minimum atomic E-state index is -0.0714. The number of amides is 1. The number of methoxy groups -OCH3 is 1. The highest BCUT2D eigenvalue weighted by Gasteiger charge is 2.19.